The van der Waals surface area contributed by atoms with Crippen LogP contribution < -0.4 is 15.5 Å². The first-order valence-electron chi connectivity index (χ1n) is 8.74. The Labute approximate surface area is 139 Å². The van der Waals surface area contributed by atoms with Gasteiger partial charge < -0.3 is 15.5 Å². The first kappa shape index (κ1) is 17.5. The molecule has 0 radical (unpaired) electrons. The lowest BCUT2D eigenvalue weighted by Gasteiger charge is -2.25. The number of hydrogen-bond acceptors (Lipinski definition) is 4. The summed E-state index contributed by atoms with van der Waals surface area (Å²) in [5.74, 6) is 0.818. The predicted octanol–water partition coefficient (Wildman–Crippen LogP) is 2.94. The molecule has 0 aliphatic carbocycles. The Morgan fingerprint density at radius 1 is 1.26 bits per heavy atom. The van der Waals surface area contributed by atoms with Crippen molar-refractivity contribution in [2.24, 2.45) is 0 Å². The predicted molar refractivity (Wildman–Crippen MR) is 92.7 cm³/mol. The van der Waals surface area contributed by atoms with Gasteiger partial charge >= 0.3 is 6.03 Å². The zero-order chi connectivity index (χ0) is 16.7. The average molecular weight is 319 g/mol. The van der Waals surface area contributed by atoms with Gasteiger partial charge in [0, 0.05) is 37.1 Å². The SMILES string of the molecule is CCNC(=O)NC(C)c1cnc(N2CCCCCCC2)nc1C. The molecule has 2 N–H and O–H groups in total. The van der Waals surface area contributed by atoms with Crippen molar-refractivity contribution in [1.82, 2.24) is 20.6 Å². The van der Waals surface area contributed by atoms with Gasteiger partial charge in [-0.2, -0.15) is 0 Å². The van der Waals surface area contributed by atoms with E-state index in [1.54, 1.807) is 0 Å². The number of urea groups is 1. The van der Waals surface area contributed by atoms with Gasteiger partial charge in [-0.25, -0.2) is 14.8 Å². The summed E-state index contributed by atoms with van der Waals surface area (Å²) in [5, 5.41) is 5.65. The molecule has 23 heavy (non-hydrogen) atoms. The van der Waals surface area contributed by atoms with Crippen LogP contribution in [-0.4, -0.2) is 35.6 Å². The van der Waals surface area contributed by atoms with Gasteiger partial charge in [0.2, 0.25) is 5.95 Å². The molecule has 1 fully saturated rings. The fourth-order valence-electron chi connectivity index (χ4n) is 2.98. The number of nitrogens with zero attached hydrogens (tertiary/aromatic N) is 3. The van der Waals surface area contributed by atoms with Gasteiger partial charge in [0.15, 0.2) is 0 Å². The van der Waals surface area contributed by atoms with E-state index in [9.17, 15) is 4.79 Å². The molecule has 6 heteroatoms. The van der Waals surface area contributed by atoms with Crippen molar-refractivity contribution in [3.05, 3.63) is 17.5 Å². The number of carbonyl (C=O) groups is 1. The summed E-state index contributed by atoms with van der Waals surface area (Å²) in [6.07, 6.45) is 8.20. The van der Waals surface area contributed by atoms with Crippen molar-refractivity contribution in [2.45, 2.75) is 58.9 Å². The van der Waals surface area contributed by atoms with Gasteiger partial charge in [-0.3, -0.25) is 0 Å². The minimum absolute atomic E-state index is 0.108. The van der Waals surface area contributed by atoms with Gasteiger partial charge in [0.05, 0.1) is 6.04 Å². The molecule has 0 saturated carbocycles. The topological polar surface area (TPSA) is 70.2 Å². The fourth-order valence-corrected chi connectivity index (χ4v) is 2.98. The lowest BCUT2D eigenvalue weighted by atomic mass is 10.1. The number of carbonyl (C=O) groups excluding carboxylic acids is 1. The number of aryl methyl sites for hydroxylation is 1. The lowest BCUT2D eigenvalue weighted by molar-refractivity contribution is 0.238. The molecule has 1 atom stereocenters. The Bertz CT molecular complexity index is 512. The second-order valence-electron chi connectivity index (χ2n) is 6.19. The van der Waals surface area contributed by atoms with Gasteiger partial charge in [0.1, 0.15) is 0 Å². The van der Waals surface area contributed by atoms with Gasteiger partial charge in [-0.15, -0.1) is 0 Å². The molecule has 0 bridgehead atoms. The van der Waals surface area contributed by atoms with Crippen molar-refractivity contribution in [3.63, 3.8) is 0 Å². The monoisotopic (exact) mass is 319 g/mol. The van der Waals surface area contributed by atoms with E-state index in [2.05, 4.69) is 25.5 Å². The third-order valence-corrected chi connectivity index (χ3v) is 4.29. The van der Waals surface area contributed by atoms with Crippen LogP contribution in [0.1, 0.15) is 63.3 Å². The molecule has 6 nitrogen and oxygen atoms in total. The third-order valence-electron chi connectivity index (χ3n) is 4.29. The van der Waals surface area contributed by atoms with E-state index in [4.69, 9.17) is 0 Å². The van der Waals surface area contributed by atoms with Crippen LogP contribution in [0.3, 0.4) is 0 Å². The highest BCUT2D eigenvalue weighted by Gasteiger charge is 2.16. The molecular formula is C17H29N5O. The van der Waals surface area contributed by atoms with Crippen LogP contribution in [0.25, 0.3) is 0 Å². The standard InChI is InChI=1S/C17H29N5O/c1-4-18-17(23)21-14(3)15-12-19-16(20-13(15)2)22-10-8-6-5-7-9-11-22/h12,14H,4-11H2,1-3H3,(H2,18,21,23). The summed E-state index contributed by atoms with van der Waals surface area (Å²) in [7, 11) is 0. The first-order chi connectivity index (χ1) is 11.1. The summed E-state index contributed by atoms with van der Waals surface area (Å²) in [4.78, 5) is 23.2. The Balaban J connectivity index is 2.05. The van der Waals surface area contributed by atoms with Crippen molar-refractivity contribution in [1.29, 1.82) is 0 Å². The van der Waals surface area contributed by atoms with Gasteiger partial charge in [-0.05, 0) is 33.6 Å². The number of aromatic nitrogens is 2. The molecule has 1 aliphatic rings. The summed E-state index contributed by atoms with van der Waals surface area (Å²) >= 11 is 0. The van der Waals surface area contributed by atoms with Crippen LogP contribution in [0.5, 0.6) is 0 Å². The maximum absolute atomic E-state index is 11.7. The number of amides is 2. The van der Waals surface area contributed by atoms with Crippen LogP contribution >= 0.6 is 0 Å². The van der Waals surface area contributed by atoms with E-state index in [0.29, 0.717) is 6.54 Å². The zero-order valence-corrected chi connectivity index (χ0v) is 14.6. The molecule has 1 aromatic rings. The smallest absolute Gasteiger partial charge is 0.315 e. The Morgan fingerprint density at radius 2 is 1.91 bits per heavy atom. The molecule has 2 amide bonds. The van der Waals surface area contributed by atoms with Crippen LogP contribution in [0.4, 0.5) is 10.7 Å². The largest absolute Gasteiger partial charge is 0.341 e. The van der Waals surface area contributed by atoms with Crippen molar-refractivity contribution in [2.75, 3.05) is 24.5 Å². The average Bonchev–Trinajstić information content (AvgIpc) is 2.46. The molecule has 2 heterocycles. The quantitative estimate of drug-likeness (QED) is 0.895. The maximum atomic E-state index is 11.7. The lowest BCUT2D eigenvalue weighted by Crippen LogP contribution is -2.37. The van der Waals surface area contributed by atoms with E-state index in [0.717, 1.165) is 30.3 Å². The molecule has 1 unspecified atom stereocenters. The summed E-state index contributed by atoms with van der Waals surface area (Å²) in [5.41, 5.74) is 1.90. The molecule has 1 saturated heterocycles. The summed E-state index contributed by atoms with van der Waals surface area (Å²) in [6.45, 7) is 8.52. The Morgan fingerprint density at radius 3 is 2.52 bits per heavy atom. The van der Waals surface area contributed by atoms with Crippen LogP contribution in [0.15, 0.2) is 6.20 Å². The molecule has 0 aromatic carbocycles. The van der Waals surface area contributed by atoms with Crippen molar-refractivity contribution < 1.29 is 4.79 Å². The number of nitrogens with one attached hydrogen (secondary N) is 2. The number of rotatable bonds is 4. The van der Waals surface area contributed by atoms with E-state index < -0.39 is 0 Å². The molecule has 128 valence electrons. The van der Waals surface area contributed by atoms with Crippen molar-refractivity contribution in [3.8, 4) is 0 Å². The van der Waals surface area contributed by atoms with Gasteiger partial charge in [0.25, 0.3) is 0 Å². The van der Waals surface area contributed by atoms with Crippen LogP contribution in [0, 0.1) is 6.92 Å². The highest BCUT2D eigenvalue weighted by Crippen LogP contribution is 2.20. The van der Waals surface area contributed by atoms with Crippen LogP contribution in [0.2, 0.25) is 0 Å². The normalized spacial score (nSPS) is 17.1. The molecular weight excluding hydrogens is 290 g/mol. The molecule has 2 rings (SSSR count). The second-order valence-corrected chi connectivity index (χ2v) is 6.19. The van der Waals surface area contributed by atoms with Crippen molar-refractivity contribution >= 4 is 12.0 Å². The first-order valence-corrected chi connectivity index (χ1v) is 8.74. The zero-order valence-electron chi connectivity index (χ0n) is 14.6. The molecule has 0 spiro atoms. The Kier molecular flexibility index (Phi) is 6.62. The van der Waals surface area contributed by atoms with E-state index in [-0.39, 0.29) is 12.1 Å². The minimum atomic E-state index is -0.160. The summed E-state index contributed by atoms with van der Waals surface area (Å²) < 4.78 is 0. The maximum Gasteiger partial charge on any atom is 0.315 e. The molecule has 1 aliphatic heterocycles. The fraction of sp³-hybridized carbons (Fsp3) is 0.706. The number of anilines is 1. The Hall–Kier alpha value is -1.85. The van der Waals surface area contributed by atoms with Gasteiger partial charge in [-0.1, -0.05) is 19.3 Å². The van der Waals surface area contributed by atoms with Crippen LogP contribution in [-0.2, 0) is 0 Å². The highest BCUT2D eigenvalue weighted by molar-refractivity contribution is 5.74. The third kappa shape index (κ3) is 5.08. The number of hydrogen-bond donors (Lipinski definition) is 2. The van der Waals surface area contributed by atoms with E-state index in [1.165, 1.54) is 32.1 Å². The highest BCUT2D eigenvalue weighted by atomic mass is 16.2. The minimum Gasteiger partial charge on any atom is -0.341 e. The second kappa shape index (κ2) is 8.70. The molecule has 1 aromatic heterocycles. The van der Waals surface area contributed by atoms with E-state index >= 15 is 0 Å². The van der Waals surface area contributed by atoms with E-state index in [1.807, 2.05) is 27.0 Å². The summed E-state index contributed by atoms with van der Waals surface area (Å²) in [6, 6.07) is -0.268.